The molecule has 1 aromatic carbocycles. The highest BCUT2D eigenvalue weighted by molar-refractivity contribution is 5.85. The van der Waals surface area contributed by atoms with Crippen LogP contribution in [0.25, 0.3) is 10.9 Å². The van der Waals surface area contributed by atoms with Crippen LogP contribution >= 0.6 is 0 Å². The molecule has 0 saturated carbocycles. The molecule has 6 nitrogen and oxygen atoms in total. The Bertz CT molecular complexity index is 785. The van der Waals surface area contributed by atoms with E-state index >= 15 is 0 Å². The third kappa shape index (κ3) is 4.38. The lowest BCUT2D eigenvalue weighted by molar-refractivity contribution is -0.128. The van der Waals surface area contributed by atoms with E-state index in [1.807, 2.05) is 30.5 Å². The van der Waals surface area contributed by atoms with Crippen LogP contribution in [-0.2, 0) is 20.7 Å². The Labute approximate surface area is 153 Å². The first-order chi connectivity index (χ1) is 12.5. The Morgan fingerprint density at radius 1 is 1.23 bits per heavy atom. The monoisotopic (exact) mass is 355 g/mol. The van der Waals surface area contributed by atoms with Crippen molar-refractivity contribution in [3.63, 3.8) is 0 Å². The lowest BCUT2D eigenvalue weighted by Gasteiger charge is -2.20. The first kappa shape index (κ1) is 18.3. The summed E-state index contributed by atoms with van der Waals surface area (Å²) in [5.74, 6) is -0.238. The van der Waals surface area contributed by atoms with Gasteiger partial charge in [-0.05, 0) is 24.1 Å². The first-order valence-corrected chi connectivity index (χ1v) is 9.02. The smallest absolute Gasteiger partial charge is 0.239 e. The fourth-order valence-corrected chi connectivity index (χ4v) is 3.20. The molecule has 1 aromatic heterocycles. The minimum absolute atomic E-state index is 0.00157. The number of hydrogen-bond acceptors (Lipinski definition) is 4. The summed E-state index contributed by atoms with van der Waals surface area (Å²) in [4.78, 5) is 28.1. The van der Waals surface area contributed by atoms with Crippen molar-refractivity contribution in [2.45, 2.75) is 26.3 Å². The van der Waals surface area contributed by atoms with Crippen molar-refractivity contribution < 1.29 is 14.3 Å². The van der Waals surface area contributed by atoms with Crippen molar-refractivity contribution in [2.75, 3.05) is 19.8 Å². The second-order valence-corrected chi connectivity index (χ2v) is 7.04. The molecular formula is C20H25N3O3. The Kier molecular flexibility index (Phi) is 5.83. The van der Waals surface area contributed by atoms with E-state index in [4.69, 9.17) is 4.74 Å². The number of benzene rings is 1. The Balaban J connectivity index is 1.61. The number of carbonyl (C=O) groups excluding carboxylic acids is 2. The van der Waals surface area contributed by atoms with Crippen molar-refractivity contribution in [3.05, 3.63) is 42.1 Å². The van der Waals surface area contributed by atoms with Gasteiger partial charge < -0.3 is 15.4 Å². The normalized spacial score (nSPS) is 19.7. The molecule has 6 heteroatoms. The maximum absolute atomic E-state index is 12.1. The maximum atomic E-state index is 12.1. The summed E-state index contributed by atoms with van der Waals surface area (Å²) in [6, 6.07) is 10.0. The highest BCUT2D eigenvalue weighted by atomic mass is 16.5. The number of para-hydroxylation sites is 1. The largest absolute Gasteiger partial charge is 0.379 e. The topological polar surface area (TPSA) is 80.3 Å². The average Bonchev–Trinajstić information content (AvgIpc) is 3.06. The number of carbonyl (C=O) groups is 2. The molecule has 2 atom stereocenters. The summed E-state index contributed by atoms with van der Waals surface area (Å²) < 4.78 is 5.60. The zero-order valence-electron chi connectivity index (χ0n) is 15.2. The maximum Gasteiger partial charge on any atom is 0.239 e. The quantitative estimate of drug-likeness (QED) is 0.826. The van der Waals surface area contributed by atoms with Gasteiger partial charge in [0.25, 0.3) is 0 Å². The van der Waals surface area contributed by atoms with Gasteiger partial charge in [0, 0.05) is 23.4 Å². The van der Waals surface area contributed by atoms with Gasteiger partial charge in [0.2, 0.25) is 11.8 Å². The summed E-state index contributed by atoms with van der Waals surface area (Å²) in [6.07, 6.45) is 2.63. The molecule has 3 rings (SSSR count). The molecular weight excluding hydrogens is 330 g/mol. The number of nitrogens with zero attached hydrogens (tertiary/aromatic N) is 1. The highest BCUT2D eigenvalue weighted by Crippen LogP contribution is 2.24. The highest BCUT2D eigenvalue weighted by Gasteiger charge is 2.30. The molecule has 0 aliphatic carbocycles. The van der Waals surface area contributed by atoms with Gasteiger partial charge in [-0.15, -0.1) is 0 Å². The Morgan fingerprint density at radius 2 is 2.04 bits per heavy atom. The van der Waals surface area contributed by atoms with Gasteiger partial charge in [0.1, 0.15) is 0 Å². The summed E-state index contributed by atoms with van der Waals surface area (Å²) in [7, 11) is 0. The molecule has 26 heavy (non-hydrogen) atoms. The SMILES string of the molecule is CC(C)C(=O)NCC(=O)N[C@@H]1COC[C@H]1Cc1ccnc2ccccc12. The van der Waals surface area contributed by atoms with Gasteiger partial charge in [0.05, 0.1) is 31.3 Å². The van der Waals surface area contributed by atoms with Crippen LogP contribution in [0.15, 0.2) is 36.5 Å². The molecule has 2 heterocycles. The zero-order valence-corrected chi connectivity index (χ0v) is 15.2. The van der Waals surface area contributed by atoms with Crippen LogP contribution in [0.3, 0.4) is 0 Å². The number of nitrogens with one attached hydrogen (secondary N) is 2. The van der Waals surface area contributed by atoms with Gasteiger partial charge in [-0.2, -0.15) is 0 Å². The third-order valence-corrected chi connectivity index (χ3v) is 4.71. The summed E-state index contributed by atoms with van der Waals surface area (Å²) in [5, 5.41) is 6.78. The number of fused-ring (bicyclic) bond motifs is 1. The van der Waals surface area contributed by atoms with E-state index < -0.39 is 0 Å². The van der Waals surface area contributed by atoms with Crippen LogP contribution in [0.2, 0.25) is 0 Å². The van der Waals surface area contributed by atoms with Crippen molar-refractivity contribution in [1.29, 1.82) is 0 Å². The minimum atomic E-state index is -0.181. The molecule has 1 saturated heterocycles. The Morgan fingerprint density at radius 3 is 2.85 bits per heavy atom. The van der Waals surface area contributed by atoms with Crippen molar-refractivity contribution in [1.82, 2.24) is 15.6 Å². The fraction of sp³-hybridized carbons (Fsp3) is 0.450. The van der Waals surface area contributed by atoms with Gasteiger partial charge in [0.15, 0.2) is 0 Å². The molecule has 138 valence electrons. The van der Waals surface area contributed by atoms with Crippen LogP contribution in [0.5, 0.6) is 0 Å². The number of rotatable bonds is 6. The molecule has 0 unspecified atom stereocenters. The minimum Gasteiger partial charge on any atom is -0.379 e. The number of hydrogen-bond donors (Lipinski definition) is 2. The molecule has 2 amide bonds. The van der Waals surface area contributed by atoms with Crippen LogP contribution in [0.1, 0.15) is 19.4 Å². The van der Waals surface area contributed by atoms with Crippen LogP contribution in [-0.4, -0.2) is 42.6 Å². The summed E-state index contributed by atoms with van der Waals surface area (Å²) in [6.45, 7) is 4.70. The fourth-order valence-electron chi connectivity index (χ4n) is 3.20. The number of pyridine rings is 1. The van der Waals surface area contributed by atoms with E-state index in [9.17, 15) is 9.59 Å². The third-order valence-electron chi connectivity index (χ3n) is 4.71. The number of ether oxygens (including phenoxy) is 1. The molecule has 1 aliphatic heterocycles. The number of amides is 2. The molecule has 1 aliphatic rings. The van der Waals surface area contributed by atoms with Crippen LogP contribution in [0.4, 0.5) is 0 Å². The van der Waals surface area contributed by atoms with E-state index in [1.54, 1.807) is 13.8 Å². The summed E-state index contributed by atoms with van der Waals surface area (Å²) >= 11 is 0. The van der Waals surface area contributed by atoms with Gasteiger partial charge in [-0.3, -0.25) is 14.6 Å². The average molecular weight is 355 g/mol. The lowest BCUT2D eigenvalue weighted by atomic mass is 9.93. The van der Waals surface area contributed by atoms with Gasteiger partial charge >= 0.3 is 0 Å². The Hall–Kier alpha value is -2.47. The lowest BCUT2D eigenvalue weighted by Crippen LogP contribution is -2.46. The predicted molar refractivity (Wildman–Crippen MR) is 99.5 cm³/mol. The van der Waals surface area contributed by atoms with Crippen LogP contribution < -0.4 is 10.6 Å². The van der Waals surface area contributed by atoms with E-state index in [1.165, 1.54) is 5.56 Å². The molecule has 2 aromatic rings. The van der Waals surface area contributed by atoms with Crippen molar-refractivity contribution in [3.8, 4) is 0 Å². The number of aromatic nitrogens is 1. The zero-order chi connectivity index (χ0) is 18.5. The second-order valence-electron chi connectivity index (χ2n) is 7.04. The molecule has 0 spiro atoms. The van der Waals surface area contributed by atoms with Crippen molar-refractivity contribution >= 4 is 22.7 Å². The standard InChI is InChI=1S/C20H25N3O3/c1-13(2)20(25)22-10-19(24)23-18-12-26-11-15(18)9-14-7-8-21-17-6-4-3-5-16(14)17/h3-8,13,15,18H,9-12H2,1-2H3,(H,22,25)(H,23,24)/t15-,18-/m1/s1. The second kappa shape index (κ2) is 8.27. The predicted octanol–water partition coefficient (Wildman–Crippen LogP) is 1.68. The molecule has 0 bridgehead atoms. The summed E-state index contributed by atoms with van der Waals surface area (Å²) in [5.41, 5.74) is 2.18. The van der Waals surface area contributed by atoms with E-state index in [2.05, 4.69) is 21.7 Å². The van der Waals surface area contributed by atoms with E-state index in [-0.39, 0.29) is 36.2 Å². The molecule has 1 fully saturated rings. The van der Waals surface area contributed by atoms with Gasteiger partial charge in [-0.25, -0.2) is 0 Å². The molecule has 0 radical (unpaired) electrons. The van der Waals surface area contributed by atoms with E-state index in [0.717, 1.165) is 17.3 Å². The molecule has 2 N–H and O–H groups in total. The van der Waals surface area contributed by atoms with Crippen LogP contribution in [0, 0.1) is 11.8 Å². The van der Waals surface area contributed by atoms with E-state index in [0.29, 0.717) is 13.2 Å². The van der Waals surface area contributed by atoms with Crippen molar-refractivity contribution in [2.24, 2.45) is 11.8 Å². The first-order valence-electron chi connectivity index (χ1n) is 9.02. The van der Waals surface area contributed by atoms with Gasteiger partial charge in [-0.1, -0.05) is 32.0 Å².